The second kappa shape index (κ2) is 4.25. The van der Waals surface area contributed by atoms with E-state index in [1.807, 2.05) is 24.3 Å². The summed E-state index contributed by atoms with van der Waals surface area (Å²) < 4.78 is 4.67. The van der Waals surface area contributed by atoms with Gasteiger partial charge in [0, 0.05) is 16.5 Å². The van der Waals surface area contributed by atoms with Crippen molar-refractivity contribution in [3.05, 3.63) is 29.3 Å². The zero-order chi connectivity index (χ0) is 9.10. The van der Waals surface area contributed by atoms with Gasteiger partial charge in [-0.3, -0.25) is 0 Å². The van der Waals surface area contributed by atoms with Gasteiger partial charge in [0.2, 0.25) is 0 Å². The van der Waals surface area contributed by atoms with Crippen LogP contribution in [0.5, 0.6) is 0 Å². The molecule has 1 aliphatic heterocycles. The van der Waals surface area contributed by atoms with E-state index in [1.54, 1.807) is 0 Å². The summed E-state index contributed by atoms with van der Waals surface area (Å²) in [6.07, 6.45) is 2.69. The van der Waals surface area contributed by atoms with Crippen molar-refractivity contribution in [1.82, 2.24) is 0 Å². The first-order chi connectivity index (χ1) is 6.34. The summed E-state index contributed by atoms with van der Waals surface area (Å²) in [5.74, 6) is 2.56. The molecular weight excluding hydrogens is 202 g/mol. The molecule has 2 rings (SSSR count). The molecule has 70 valence electrons. The maximum Gasteiger partial charge on any atom is 0.0704 e. The Kier molecular flexibility index (Phi) is 3.01. The van der Waals surface area contributed by atoms with Gasteiger partial charge in [0.1, 0.15) is 0 Å². The van der Waals surface area contributed by atoms with Gasteiger partial charge in [-0.2, -0.15) is 0 Å². The zero-order valence-electron chi connectivity index (χ0n) is 7.37. The van der Waals surface area contributed by atoms with Crippen LogP contribution >= 0.6 is 11.6 Å². The van der Waals surface area contributed by atoms with Crippen LogP contribution in [0.2, 0.25) is 5.02 Å². The van der Waals surface area contributed by atoms with Crippen molar-refractivity contribution >= 4 is 28.0 Å². The predicted molar refractivity (Wildman–Crippen MR) is 59.9 cm³/mol. The summed E-state index contributed by atoms with van der Waals surface area (Å²) in [6, 6.07) is 7.79. The Hall–Kier alpha value is -0.340. The number of rotatable bonds is 1. The summed E-state index contributed by atoms with van der Waals surface area (Å²) in [5, 5.41) is 0.786. The van der Waals surface area contributed by atoms with Crippen molar-refractivity contribution < 1.29 is 0 Å². The van der Waals surface area contributed by atoms with Gasteiger partial charge in [-0.15, -0.1) is 0 Å². The minimum absolute atomic E-state index is 0.297. The molecule has 1 nitrogen and oxygen atoms in total. The molecule has 0 bridgehead atoms. The number of hydrogen-bond donors (Lipinski definition) is 0. The molecule has 0 radical (unpaired) electrons. The lowest BCUT2D eigenvalue weighted by molar-refractivity contribution is 0.949. The van der Waals surface area contributed by atoms with Crippen molar-refractivity contribution in [2.24, 2.45) is 4.36 Å². The predicted octanol–water partition coefficient (Wildman–Crippen LogP) is 3.57. The van der Waals surface area contributed by atoms with Crippen LogP contribution < -0.4 is 0 Å². The van der Waals surface area contributed by atoms with Gasteiger partial charge in [0.25, 0.3) is 0 Å². The number of nitrogens with zero attached hydrogens (tertiary/aromatic N) is 1. The van der Waals surface area contributed by atoms with Gasteiger partial charge < -0.3 is 0 Å². The Balaban J connectivity index is 2.17. The van der Waals surface area contributed by atoms with E-state index in [0.29, 0.717) is 10.7 Å². The van der Waals surface area contributed by atoms with Crippen LogP contribution in [0.1, 0.15) is 12.8 Å². The fourth-order valence-electron chi connectivity index (χ4n) is 1.38. The van der Waals surface area contributed by atoms with Crippen LogP contribution in [0.25, 0.3) is 0 Å². The molecule has 0 amide bonds. The van der Waals surface area contributed by atoms with Crippen molar-refractivity contribution in [2.45, 2.75) is 12.8 Å². The van der Waals surface area contributed by atoms with E-state index in [1.165, 1.54) is 24.3 Å². The van der Waals surface area contributed by atoms with Gasteiger partial charge in [0.05, 0.1) is 5.69 Å². The minimum Gasteiger partial charge on any atom is -0.228 e. The van der Waals surface area contributed by atoms with Crippen LogP contribution in [0.4, 0.5) is 5.69 Å². The topological polar surface area (TPSA) is 12.4 Å². The van der Waals surface area contributed by atoms with E-state index < -0.39 is 0 Å². The second-order valence-electron chi connectivity index (χ2n) is 3.15. The molecule has 0 atom stereocenters. The summed E-state index contributed by atoms with van der Waals surface area (Å²) in [5.41, 5.74) is 1.08. The smallest absolute Gasteiger partial charge is 0.0704 e. The Bertz CT molecular complexity index is 310. The SMILES string of the molecule is Clc1ccc(N=S2CCCC2)cc1. The highest BCUT2D eigenvalue weighted by Gasteiger charge is 2.05. The average molecular weight is 214 g/mol. The van der Waals surface area contributed by atoms with Crippen molar-refractivity contribution in [2.75, 3.05) is 11.5 Å². The first kappa shape index (κ1) is 9.22. The summed E-state index contributed by atoms with van der Waals surface area (Å²) in [4.78, 5) is 0. The lowest BCUT2D eigenvalue weighted by atomic mass is 10.3. The molecule has 13 heavy (non-hydrogen) atoms. The van der Waals surface area contributed by atoms with Gasteiger partial charge in [-0.25, -0.2) is 4.36 Å². The van der Waals surface area contributed by atoms with Crippen LogP contribution in [0.15, 0.2) is 28.6 Å². The third kappa shape index (κ3) is 2.55. The fourth-order valence-corrected chi connectivity index (χ4v) is 3.39. The molecule has 0 N–H and O–H groups in total. The third-order valence-corrected chi connectivity index (χ3v) is 4.31. The van der Waals surface area contributed by atoms with Crippen LogP contribution in [-0.4, -0.2) is 11.5 Å². The zero-order valence-corrected chi connectivity index (χ0v) is 8.94. The first-order valence-electron chi connectivity index (χ1n) is 4.49. The van der Waals surface area contributed by atoms with E-state index in [9.17, 15) is 0 Å². The highest BCUT2D eigenvalue weighted by molar-refractivity contribution is 7.87. The Labute approximate surface area is 86.2 Å². The lowest BCUT2D eigenvalue weighted by Crippen LogP contribution is -1.87. The molecule has 0 saturated carbocycles. The molecule has 0 aliphatic carbocycles. The summed E-state index contributed by atoms with van der Waals surface area (Å²) >= 11 is 5.79. The highest BCUT2D eigenvalue weighted by Crippen LogP contribution is 2.19. The van der Waals surface area contributed by atoms with E-state index in [4.69, 9.17) is 11.6 Å². The van der Waals surface area contributed by atoms with Gasteiger partial charge in [-0.05, 0) is 37.1 Å². The molecule has 3 heteroatoms. The molecular formula is C10H12ClNS. The number of benzene rings is 1. The van der Waals surface area contributed by atoms with Crippen LogP contribution in [0.3, 0.4) is 0 Å². The monoisotopic (exact) mass is 213 g/mol. The summed E-state index contributed by atoms with van der Waals surface area (Å²) in [7, 11) is 0.297. The maximum absolute atomic E-state index is 5.79. The van der Waals surface area contributed by atoms with Crippen molar-refractivity contribution in [3.8, 4) is 0 Å². The molecule has 1 saturated heterocycles. The number of hydrogen-bond acceptors (Lipinski definition) is 1. The van der Waals surface area contributed by atoms with E-state index in [0.717, 1.165) is 10.7 Å². The van der Waals surface area contributed by atoms with Gasteiger partial charge >= 0.3 is 0 Å². The largest absolute Gasteiger partial charge is 0.228 e. The van der Waals surface area contributed by atoms with E-state index >= 15 is 0 Å². The second-order valence-corrected chi connectivity index (χ2v) is 5.51. The molecule has 0 spiro atoms. The van der Waals surface area contributed by atoms with Crippen molar-refractivity contribution in [3.63, 3.8) is 0 Å². The van der Waals surface area contributed by atoms with Crippen molar-refractivity contribution in [1.29, 1.82) is 0 Å². The van der Waals surface area contributed by atoms with E-state index in [2.05, 4.69) is 4.36 Å². The lowest BCUT2D eigenvalue weighted by Gasteiger charge is -1.97. The normalized spacial score (nSPS) is 17.6. The highest BCUT2D eigenvalue weighted by atomic mass is 35.5. The fraction of sp³-hybridized carbons (Fsp3) is 0.400. The Morgan fingerprint density at radius 1 is 1.08 bits per heavy atom. The quantitative estimate of drug-likeness (QED) is 0.677. The molecule has 0 aromatic heterocycles. The first-order valence-corrected chi connectivity index (χ1v) is 6.39. The maximum atomic E-state index is 5.79. The molecule has 1 aliphatic rings. The number of halogens is 1. The third-order valence-electron chi connectivity index (χ3n) is 2.07. The molecule has 0 unspecified atom stereocenters. The Morgan fingerprint density at radius 2 is 1.69 bits per heavy atom. The van der Waals surface area contributed by atoms with Crippen LogP contribution in [0, 0.1) is 0 Å². The average Bonchev–Trinajstić information content (AvgIpc) is 2.62. The van der Waals surface area contributed by atoms with Gasteiger partial charge in [-0.1, -0.05) is 22.3 Å². The minimum atomic E-state index is 0.297. The molecule has 1 aromatic carbocycles. The van der Waals surface area contributed by atoms with Gasteiger partial charge in [0.15, 0.2) is 0 Å². The standard InChI is InChI=1S/C10H12ClNS/c11-9-3-5-10(6-4-9)12-13-7-1-2-8-13/h3-6H,1-2,7-8H2. The van der Waals surface area contributed by atoms with E-state index in [-0.39, 0.29) is 0 Å². The summed E-state index contributed by atoms with van der Waals surface area (Å²) in [6.45, 7) is 0. The van der Waals surface area contributed by atoms with Crippen LogP contribution in [-0.2, 0) is 10.7 Å². The molecule has 1 fully saturated rings. The molecule has 1 heterocycles. The molecule has 1 aromatic rings. The Morgan fingerprint density at radius 3 is 2.31 bits per heavy atom.